The molecule has 142 valence electrons. The highest BCUT2D eigenvalue weighted by molar-refractivity contribution is 8.00. The molecule has 2 amide bonds. The van der Waals surface area contributed by atoms with Gasteiger partial charge in [-0.25, -0.2) is 13.2 Å². The van der Waals surface area contributed by atoms with Crippen molar-refractivity contribution in [2.75, 3.05) is 5.75 Å². The van der Waals surface area contributed by atoms with E-state index in [1.807, 2.05) is 0 Å². The Morgan fingerprint density at radius 2 is 1.85 bits per heavy atom. The third kappa shape index (κ3) is 5.03. The van der Waals surface area contributed by atoms with Gasteiger partial charge >= 0.3 is 0 Å². The van der Waals surface area contributed by atoms with Gasteiger partial charge < -0.3 is 10.6 Å². The second-order valence-corrected chi connectivity index (χ2v) is 7.41. The highest BCUT2D eigenvalue weighted by Gasteiger charge is 2.32. The fraction of sp³-hybridized carbons (Fsp3) is 0.263. The Morgan fingerprint density at radius 1 is 1.15 bits per heavy atom. The Hall–Kier alpha value is -2.48. The van der Waals surface area contributed by atoms with Crippen molar-refractivity contribution in [3.63, 3.8) is 0 Å². The molecular formula is C19H17F3N2O2S. The molecule has 1 fully saturated rings. The largest absolute Gasteiger partial charge is 0.350 e. The van der Waals surface area contributed by atoms with Crippen LogP contribution < -0.4 is 10.6 Å². The molecule has 1 aliphatic heterocycles. The number of hydrogen-bond acceptors (Lipinski definition) is 3. The third-order valence-corrected chi connectivity index (χ3v) is 5.45. The molecule has 3 rings (SSSR count). The van der Waals surface area contributed by atoms with Crippen LogP contribution in [0.2, 0.25) is 0 Å². The van der Waals surface area contributed by atoms with Gasteiger partial charge in [0.25, 0.3) is 0 Å². The first-order chi connectivity index (χ1) is 12.9. The first-order valence-electron chi connectivity index (χ1n) is 8.30. The lowest BCUT2D eigenvalue weighted by atomic mass is 10.1. The van der Waals surface area contributed by atoms with Gasteiger partial charge in [-0.2, -0.15) is 0 Å². The van der Waals surface area contributed by atoms with Crippen molar-refractivity contribution in [3.05, 3.63) is 71.0 Å². The van der Waals surface area contributed by atoms with Gasteiger partial charge in [-0.3, -0.25) is 9.59 Å². The van der Waals surface area contributed by atoms with Gasteiger partial charge in [-0.1, -0.05) is 18.2 Å². The first-order valence-corrected chi connectivity index (χ1v) is 9.35. The van der Waals surface area contributed by atoms with E-state index < -0.39 is 28.8 Å². The highest BCUT2D eigenvalue weighted by Crippen LogP contribution is 2.23. The van der Waals surface area contributed by atoms with E-state index >= 15 is 0 Å². The molecule has 2 atom stereocenters. The number of nitrogens with one attached hydrogen (secondary N) is 2. The second-order valence-electron chi connectivity index (χ2n) is 6.17. The Kier molecular flexibility index (Phi) is 6.05. The molecule has 1 saturated heterocycles. The normalized spacial score (nSPS) is 19.4. The molecule has 1 aliphatic rings. The Labute approximate surface area is 158 Å². The summed E-state index contributed by atoms with van der Waals surface area (Å²) in [5.41, 5.74) is 0.731. The summed E-state index contributed by atoms with van der Waals surface area (Å²) in [4.78, 5) is 24.5. The lowest BCUT2D eigenvalue weighted by Gasteiger charge is -2.28. The summed E-state index contributed by atoms with van der Waals surface area (Å²) in [6.45, 7) is -0.0524. The molecule has 0 aliphatic carbocycles. The monoisotopic (exact) mass is 394 g/mol. The number of thioether (sulfide) groups is 1. The van der Waals surface area contributed by atoms with Crippen LogP contribution in [0.15, 0.2) is 42.5 Å². The minimum atomic E-state index is -0.752. The van der Waals surface area contributed by atoms with Gasteiger partial charge in [0, 0.05) is 18.4 Å². The highest BCUT2D eigenvalue weighted by atomic mass is 32.2. The topological polar surface area (TPSA) is 58.2 Å². The number of amides is 2. The number of carbonyl (C=O) groups excluding carboxylic acids is 2. The molecule has 0 unspecified atom stereocenters. The summed E-state index contributed by atoms with van der Waals surface area (Å²) < 4.78 is 40.1. The molecule has 0 saturated carbocycles. The zero-order chi connectivity index (χ0) is 19.4. The SMILES string of the molecule is O=C(NCc1cc(F)cc(F)c1)[C@@H]1CS[C@H](Cc2ccccc2F)C(=O)N1. The molecule has 2 aromatic carbocycles. The molecule has 0 radical (unpaired) electrons. The van der Waals surface area contributed by atoms with Gasteiger partial charge in [0.05, 0.1) is 5.25 Å². The van der Waals surface area contributed by atoms with Crippen LogP contribution in [-0.4, -0.2) is 28.9 Å². The first kappa shape index (κ1) is 19.3. The molecule has 1 heterocycles. The lowest BCUT2D eigenvalue weighted by molar-refractivity contribution is -0.128. The number of benzene rings is 2. The summed E-state index contributed by atoms with van der Waals surface area (Å²) in [5.74, 6) is -2.27. The van der Waals surface area contributed by atoms with E-state index in [1.165, 1.54) is 17.8 Å². The van der Waals surface area contributed by atoms with Crippen molar-refractivity contribution < 1.29 is 22.8 Å². The summed E-state index contributed by atoms with van der Waals surface area (Å²) in [5, 5.41) is 4.70. The van der Waals surface area contributed by atoms with E-state index in [9.17, 15) is 22.8 Å². The average molecular weight is 394 g/mol. The van der Waals surface area contributed by atoms with Crippen LogP contribution in [0.1, 0.15) is 11.1 Å². The maximum absolute atomic E-state index is 13.7. The Bertz CT molecular complexity index is 842. The molecule has 2 N–H and O–H groups in total. The van der Waals surface area contributed by atoms with Gasteiger partial charge in [0.1, 0.15) is 23.5 Å². The third-order valence-electron chi connectivity index (χ3n) is 4.14. The summed E-state index contributed by atoms with van der Waals surface area (Å²) in [6, 6.07) is 8.50. The number of halogens is 3. The molecule has 0 bridgehead atoms. The molecular weight excluding hydrogens is 377 g/mol. The van der Waals surface area contributed by atoms with E-state index in [4.69, 9.17) is 0 Å². The van der Waals surface area contributed by atoms with Crippen LogP contribution in [0.5, 0.6) is 0 Å². The molecule has 8 heteroatoms. The zero-order valence-electron chi connectivity index (χ0n) is 14.2. The number of hydrogen-bond donors (Lipinski definition) is 2. The summed E-state index contributed by atoms with van der Waals surface area (Å²) in [7, 11) is 0. The van der Waals surface area contributed by atoms with Gasteiger partial charge in [0.2, 0.25) is 11.8 Å². The molecule has 27 heavy (non-hydrogen) atoms. The number of rotatable bonds is 5. The van der Waals surface area contributed by atoms with Crippen molar-refractivity contribution in [3.8, 4) is 0 Å². The number of carbonyl (C=O) groups is 2. The Balaban J connectivity index is 1.53. The van der Waals surface area contributed by atoms with Crippen molar-refractivity contribution >= 4 is 23.6 Å². The quantitative estimate of drug-likeness (QED) is 0.820. The average Bonchev–Trinajstić information content (AvgIpc) is 2.62. The summed E-state index contributed by atoms with van der Waals surface area (Å²) >= 11 is 1.28. The standard InChI is InChI=1S/C19H17F3N2O2S/c20-13-5-11(6-14(21)8-13)9-23-18(25)16-10-27-17(19(26)24-16)7-12-3-1-2-4-15(12)22/h1-6,8,16-17H,7,9-10H2,(H,23,25)(H,24,26)/t16-,17+/m0/s1. The van der Waals surface area contributed by atoms with Crippen molar-refractivity contribution in [1.29, 1.82) is 0 Å². The lowest BCUT2D eigenvalue weighted by Crippen LogP contribution is -2.54. The minimum Gasteiger partial charge on any atom is -0.350 e. The van der Waals surface area contributed by atoms with Gasteiger partial charge in [0.15, 0.2) is 0 Å². The van der Waals surface area contributed by atoms with Crippen LogP contribution in [0.3, 0.4) is 0 Å². The second kappa shape index (κ2) is 8.47. The van der Waals surface area contributed by atoms with E-state index in [0.717, 1.165) is 18.2 Å². The van der Waals surface area contributed by atoms with Crippen LogP contribution in [0.25, 0.3) is 0 Å². The predicted octanol–water partition coefficient (Wildman–Crippen LogP) is 2.56. The van der Waals surface area contributed by atoms with E-state index in [0.29, 0.717) is 11.3 Å². The predicted molar refractivity (Wildman–Crippen MR) is 96.5 cm³/mol. The minimum absolute atomic E-state index is 0.0524. The molecule has 0 spiro atoms. The van der Waals surface area contributed by atoms with Crippen molar-refractivity contribution in [2.24, 2.45) is 0 Å². The van der Waals surface area contributed by atoms with Crippen LogP contribution in [0.4, 0.5) is 13.2 Å². The van der Waals surface area contributed by atoms with E-state index in [2.05, 4.69) is 10.6 Å². The van der Waals surface area contributed by atoms with Crippen LogP contribution >= 0.6 is 11.8 Å². The Morgan fingerprint density at radius 3 is 2.52 bits per heavy atom. The van der Waals surface area contributed by atoms with Crippen LogP contribution in [0, 0.1) is 17.5 Å². The molecule has 0 aromatic heterocycles. The zero-order valence-corrected chi connectivity index (χ0v) is 15.0. The maximum Gasteiger partial charge on any atom is 0.243 e. The molecule has 2 aromatic rings. The van der Waals surface area contributed by atoms with E-state index in [1.54, 1.807) is 18.2 Å². The summed E-state index contributed by atoms with van der Waals surface area (Å²) in [6.07, 6.45) is 0.236. The molecule has 4 nitrogen and oxygen atoms in total. The fourth-order valence-corrected chi connectivity index (χ4v) is 3.95. The smallest absolute Gasteiger partial charge is 0.243 e. The van der Waals surface area contributed by atoms with E-state index in [-0.39, 0.29) is 30.3 Å². The van der Waals surface area contributed by atoms with Crippen molar-refractivity contribution in [1.82, 2.24) is 10.6 Å². The van der Waals surface area contributed by atoms with Gasteiger partial charge in [-0.05, 0) is 35.7 Å². The fourth-order valence-electron chi connectivity index (χ4n) is 2.78. The van der Waals surface area contributed by atoms with Gasteiger partial charge in [-0.15, -0.1) is 11.8 Å². The maximum atomic E-state index is 13.7. The van der Waals surface area contributed by atoms with Crippen LogP contribution in [-0.2, 0) is 22.6 Å². The van der Waals surface area contributed by atoms with Crippen molar-refractivity contribution in [2.45, 2.75) is 24.3 Å².